The Morgan fingerprint density at radius 2 is 2.14 bits per heavy atom. The summed E-state index contributed by atoms with van der Waals surface area (Å²) in [5.74, 6) is 0.425. The van der Waals surface area contributed by atoms with Crippen LogP contribution in [0.1, 0.15) is 13.3 Å². The monoisotopic (exact) mass is 325 g/mol. The molecule has 1 unspecified atom stereocenters. The maximum Gasteiger partial charge on any atom is 0.233 e. The standard InChI is InChI=1S/C13H13Cl2N5O/c1-12(7-13(12,14)15)11(21)16-9-5-3-4-8(6-9)10-17-18-19-20(10)2/h3-6H,7H2,1-2H3,(H,16,21). The molecule has 110 valence electrons. The van der Waals surface area contributed by atoms with E-state index in [0.29, 0.717) is 17.9 Å². The lowest BCUT2D eigenvalue weighted by atomic mass is 10.1. The molecule has 1 aliphatic rings. The topological polar surface area (TPSA) is 72.7 Å². The maximum absolute atomic E-state index is 12.3. The summed E-state index contributed by atoms with van der Waals surface area (Å²) < 4.78 is 0.577. The fraction of sp³-hybridized carbons (Fsp3) is 0.385. The summed E-state index contributed by atoms with van der Waals surface area (Å²) in [7, 11) is 1.75. The summed E-state index contributed by atoms with van der Waals surface area (Å²) >= 11 is 12.0. The van der Waals surface area contributed by atoms with Crippen LogP contribution in [0.4, 0.5) is 5.69 Å². The van der Waals surface area contributed by atoms with E-state index in [9.17, 15) is 4.79 Å². The van der Waals surface area contributed by atoms with Gasteiger partial charge in [0.15, 0.2) is 5.82 Å². The van der Waals surface area contributed by atoms with Crippen LogP contribution in [-0.2, 0) is 11.8 Å². The van der Waals surface area contributed by atoms with Crippen molar-refractivity contribution in [2.75, 3.05) is 5.32 Å². The molecule has 21 heavy (non-hydrogen) atoms. The molecule has 1 amide bonds. The summed E-state index contributed by atoms with van der Waals surface area (Å²) in [5.41, 5.74) is 0.709. The zero-order valence-corrected chi connectivity index (χ0v) is 13.0. The Bertz CT molecular complexity index is 714. The Morgan fingerprint density at radius 1 is 1.43 bits per heavy atom. The number of halogens is 2. The molecule has 0 aliphatic heterocycles. The number of nitrogens with zero attached hydrogens (tertiary/aromatic N) is 4. The molecule has 1 aromatic carbocycles. The second-order valence-electron chi connectivity index (χ2n) is 5.37. The van der Waals surface area contributed by atoms with Gasteiger partial charge in [0.05, 0.1) is 5.41 Å². The highest BCUT2D eigenvalue weighted by molar-refractivity contribution is 6.53. The molecule has 1 heterocycles. The fourth-order valence-corrected chi connectivity index (χ4v) is 2.83. The number of benzene rings is 1. The molecule has 1 aromatic heterocycles. The minimum atomic E-state index is -0.984. The molecule has 0 radical (unpaired) electrons. The van der Waals surface area contributed by atoms with Crippen LogP contribution in [0.2, 0.25) is 0 Å². The molecule has 8 heteroatoms. The normalized spacial score (nSPS) is 22.9. The number of carbonyl (C=O) groups is 1. The Kier molecular flexibility index (Phi) is 3.18. The van der Waals surface area contributed by atoms with E-state index in [2.05, 4.69) is 20.8 Å². The Balaban J connectivity index is 1.82. The molecule has 6 nitrogen and oxygen atoms in total. The van der Waals surface area contributed by atoms with Gasteiger partial charge in [0, 0.05) is 18.3 Å². The number of amides is 1. The molecule has 0 spiro atoms. The highest BCUT2D eigenvalue weighted by Gasteiger charge is 2.67. The second kappa shape index (κ2) is 4.68. The fourth-order valence-electron chi connectivity index (χ4n) is 2.13. The number of aryl methyl sites for hydroxylation is 1. The smallest absolute Gasteiger partial charge is 0.233 e. The largest absolute Gasteiger partial charge is 0.326 e. The lowest BCUT2D eigenvalue weighted by Gasteiger charge is -2.13. The molecular weight excluding hydrogens is 313 g/mol. The van der Waals surface area contributed by atoms with Gasteiger partial charge in [0.2, 0.25) is 5.91 Å². The van der Waals surface area contributed by atoms with E-state index in [-0.39, 0.29) is 5.91 Å². The number of aromatic nitrogens is 4. The van der Waals surface area contributed by atoms with Gasteiger partial charge >= 0.3 is 0 Å². The average molecular weight is 326 g/mol. The molecule has 1 atom stereocenters. The average Bonchev–Trinajstić information content (AvgIpc) is 2.76. The van der Waals surface area contributed by atoms with Crippen molar-refractivity contribution in [3.63, 3.8) is 0 Å². The third kappa shape index (κ3) is 2.38. The lowest BCUT2D eigenvalue weighted by molar-refractivity contribution is -0.120. The summed E-state index contributed by atoms with van der Waals surface area (Å²) in [6.07, 6.45) is 0.446. The predicted octanol–water partition coefficient (Wildman–Crippen LogP) is 2.40. The van der Waals surface area contributed by atoms with Crippen molar-refractivity contribution in [2.45, 2.75) is 17.7 Å². The molecule has 1 saturated carbocycles. The zero-order chi connectivity index (χ0) is 15.3. The third-order valence-corrected chi connectivity index (χ3v) is 4.86. The summed E-state index contributed by atoms with van der Waals surface area (Å²) in [4.78, 5) is 12.3. The van der Waals surface area contributed by atoms with E-state index in [1.807, 2.05) is 12.1 Å². The van der Waals surface area contributed by atoms with Crippen LogP contribution in [0.5, 0.6) is 0 Å². The third-order valence-electron chi connectivity index (χ3n) is 3.76. The van der Waals surface area contributed by atoms with Gasteiger partial charge in [0.1, 0.15) is 4.33 Å². The first kappa shape index (κ1) is 14.3. The van der Waals surface area contributed by atoms with Crippen LogP contribution in [0, 0.1) is 5.41 Å². The van der Waals surface area contributed by atoms with E-state index >= 15 is 0 Å². The van der Waals surface area contributed by atoms with E-state index in [1.165, 1.54) is 0 Å². The first-order chi connectivity index (χ1) is 9.83. The van der Waals surface area contributed by atoms with Gasteiger partial charge in [-0.25, -0.2) is 4.68 Å². The quantitative estimate of drug-likeness (QED) is 0.879. The second-order valence-corrected chi connectivity index (χ2v) is 6.86. The summed E-state index contributed by atoms with van der Waals surface area (Å²) in [6.45, 7) is 1.75. The minimum absolute atomic E-state index is 0.194. The van der Waals surface area contributed by atoms with Gasteiger partial charge in [-0.15, -0.1) is 28.3 Å². The van der Waals surface area contributed by atoms with Crippen molar-refractivity contribution in [3.05, 3.63) is 24.3 Å². The van der Waals surface area contributed by atoms with E-state index in [0.717, 1.165) is 5.56 Å². The Morgan fingerprint density at radius 3 is 2.71 bits per heavy atom. The molecule has 0 saturated heterocycles. The van der Waals surface area contributed by atoms with Crippen molar-refractivity contribution >= 4 is 34.8 Å². The predicted molar refractivity (Wildman–Crippen MR) is 80.0 cm³/mol. The van der Waals surface area contributed by atoms with Crippen LogP contribution >= 0.6 is 23.2 Å². The Hall–Kier alpha value is -1.66. The molecule has 3 rings (SSSR count). The molecule has 0 bridgehead atoms. The van der Waals surface area contributed by atoms with Gasteiger partial charge in [-0.05, 0) is 35.9 Å². The number of nitrogens with one attached hydrogen (secondary N) is 1. The zero-order valence-electron chi connectivity index (χ0n) is 11.5. The first-order valence-corrected chi connectivity index (χ1v) is 7.11. The van der Waals surface area contributed by atoms with Gasteiger partial charge in [-0.3, -0.25) is 4.79 Å². The molecule has 1 fully saturated rings. The summed E-state index contributed by atoms with van der Waals surface area (Å²) in [5, 5.41) is 14.2. The lowest BCUT2D eigenvalue weighted by Crippen LogP contribution is -2.25. The van der Waals surface area contributed by atoms with E-state index in [4.69, 9.17) is 23.2 Å². The van der Waals surface area contributed by atoms with Gasteiger partial charge in [-0.1, -0.05) is 12.1 Å². The van der Waals surface area contributed by atoms with Crippen molar-refractivity contribution in [2.24, 2.45) is 12.5 Å². The molecule has 2 aromatic rings. The highest BCUT2D eigenvalue weighted by atomic mass is 35.5. The van der Waals surface area contributed by atoms with Crippen molar-refractivity contribution in [3.8, 4) is 11.4 Å². The molecule has 1 aliphatic carbocycles. The SMILES string of the molecule is Cn1nnnc1-c1cccc(NC(=O)C2(C)CC2(Cl)Cl)c1. The van der Waals surface area contributed by atoms with Gasteiger partial charge in [-0.2, -0.15) is 0 Å². The number of carbonyl (C=O) groups excluding carboxylic acids is 1. The van der Waals surface area contributed by atoms with Crippen molar-refractivity contribution < 1.29 is 4.79 Å². The highest BCUT2D eigenvalue weighted by Crippen LogP contribution is 2.64. The number of hydrogen-bond donors (Lipinski definition) is 1. The molecule has 1 N–H and O–H groups in total. The van der Waals surface area contributed by atoms with Gasteiger partial charge < -0.3 is 5.32 Å². The minimum Gasteiger partial charge on any atom is -0.326 e. The van der Waals surface area contributed by atoms with E-state index in [1.54, 1.807) is 30.8 Å². The van der Waals surface area contributed by atoms with Crippen LogP contribution in [-0.4, -0.2) is 30.4 Å². The van der Waals surface area contributed by atoms with Gasteiger partial charge in [0.25, 0.3) is 0 Å². The number of tetrazole rings is 1. The van der Waals surface area contributed by atoms with Crippen LogP contribution < -0.4 is 5.32 Å². The van der Waals surface area contributed by atoms with Crippen molar-refractivity contribution in [1.82, 2.24) is 20.2 Å². The van der Waals surface area contributed by atoms with Crippen LogP contribution in [0.25, 0.3) is 11.4 Å². The van der Waals surface area contributed by atoms with Crippen LogP contribution in [0.15, 0.2) is 24.3 Å². The number of rotatable bonds is 3. The first-order valence-electron chi connectivity index (χ1n) is 6.35. The van der Waals surface area contributed by atoms with Crippen LogP contribution in [0.3, 0.4) is 0 Å². The Labute approximate surface area is 131 Å². The summed E-state index contributed by atoms with van der Waals surface area (Å²) in [6, 6.07) is 7.29. The number of hydrogen-bond acceptors (Lipinski definition) is 4. The van der Waals surface area contributed by atoms with E-state index < -0.39 is 9.75 Å². The number of alkyl halides is 2. The molecular formula is C13H13Cl2N5O. The number of anilines is 1. The maximum atomic E-state index is 12.3. The van der Waals surface area contributed by atoms with Crippen molar-refractivity contribution in [1.29, 1.82) is 0 Å².